The summed E-state index contributed by atoms with van der Waals surface area (Å²) in [6, 6.07) is 0. The third kappa shape index (κ3) is 3.87. The summed E-state index contributed by atoms with van der Waals surface area (Å²) in [5, 5.41) is 0. The Labute approximate surface area is 232 Å². The average molecular weight is 529 g/mol. The fourth-order valence-electron chi connectivity index (χ4n) is 12.0. The summed E-state index contributed by atoms with van der Waals surface area (Å²) in [5.74, 6) is 2.87. The molecule has 5 rings (SSSR count). The van der Waals surface area contributed by atoms with Gasteiger partial charge in [0.25, 0.3) is 0 Å². The van der Waals surface area contributed by atoms with E-state index in [1.54, 1.807) is 13.8 Å². The SMILES string of the molecule is CC(=O)OC1CC2C(C)(C)C(OC(C)=O)CCC23CC32CCC3(C)C(C(C)CCCC(C)C)CCC3(C)C12. The Kier molecular flexibility index (Phi) is 6.92. The maximum Gasteiger partial charge on any atom is 0.302 e. The van der Waals surface area contributed by atoms with Crippen LogP contribution >= 0.6 is 0 Å². The minimum absolute atomic E-state index is 0.0249. The second kappa shape index (κ2) is 9.23. The molecule has 5 saturated carbocycles. The lowest BCUT2D eigenvalue weighted by Crippen LogP contribution is -2.62. The molecule has 0 saturated heterocycles. The van der Waals surface area contributed by atoms with Crippen LogP contribution < -0.4 is 0 Å². The third-order valence-corrected chi connectivity index (χ3v) is 13.8. The van der Waals surface area contributed by atoms with Gasteiger partial charge < -0.3 is 9.47 Å². The van der Waals surface area contributed by atoms with Crippen LogP contribution in [0.2, 0.25) is 0 Å². The normalized spacial score (nSPS) is 47.3. The van der Waals surface area contributed by atoms with Gasteiger partial charge in [-0.2, -0.15) is 0 Å². The van der Waals surface area contributed by atoms with E-state index in [4.69, 9.17) is 9.47 Å². The lowest BCUT2D eigenvalue weighted by atomic mass is 9.41. The van der Waals surface area contributed by atoms with Crippen LogP contribution in [0.1, 0.15) is 133 Å². The van der Waals surface area contributed by atoms with E-state index in [1.807, 2.05) is 0 Å². The summed E-state index contributed by atoms with van der Waals surface area (Å²) in [6.45, 7) is 20.2. The molecule has 0 heterocycles. The zero-order valence-electron chi connectivity index (χ0n) is 26.0. The maximum absolute atomic E-state index is 12.6. The van der Waals surface area contributed by atoms with Crippen molar-refractivity contribution in [3.8, 4) is 0 Å². The molecular weight excluding hydrogens is 472 g/mol. The van der Waals surface area contributed by atoms with Crippen molar-refractivity contribution in [3.05, 3.63) is 0 Å². The quantitative estimate of drug-likeness (QED) is 0.312. The lowest BCUT2D eigenvalue weighted by molar-refractivity contribution is -0.216. The van der Waals surface area contributed by atoms with Gasteiger partial charge >= 0.3 is 11.9 Å². The minimum atomic E-state index is -0.171. The molecule has 0 aromatic rings. The predicted molar refractivity (Wildman–Crippen MR) is 151 cm³/mol. The molecule has 0 radical (unpaired) electrons. The van der Waals surface area contributed by atoms with Gasteiger partial charge in [-0.1, -0.05) is 67.7 Å². The number of hydrogen-bond acceptors (Lipinski definition) is 4. The molecular formula is C34H56O4. The summed E-state index contributed by atoms with van der Waals surface area (Å²) >= 11 is 0. The molecule has 4 nitrogen and oxygen atoms in total. The number of carbonyl (C=O) groups is 2. The summed E-state index contributed by atoms with van der Waals surface area (Å²) in [7, 11) is 0. The fraction of sp³-hybridized carbons (Fsp3) is 0.941. The van der Waals surface area contributed by atoms with E-state index in [0.29, 0.717) is 22.7 Å². The van der Waals surface area contributed by atoms with Crippen LogP contribution in [0.25, 0.3) is 0 Å². The van der Waals surface area contributed by atoms with Crippen molar-refractivity contribution in [3.63, 3.8) is 0 Å². The van der Waals surface area contributed by atoms with Gasteiger partial charge in [-0.25, -0.2) is 0 Å². The number of fused-ring (bicyclic) bond motifs is 2. The van der Waals surface area contributed by atoms with Crippen LogP contribution in [0.3, 0.4) is 0 Å². The average Bonchev–Trinajstić information content (AvgIpc) is 3.36. The smallest absolute Gasteiger partial charge is 0.302 e. The fourth-order valence-corrected chi connectivity index (χ4v) is 12.0. The molecule has 4 heteroatoms. The van der Waals surface area contributed by atoms with Crippen LogP contribution in [0.4, 0.5) is 0 Å². The van der Waals surface area contributed by atoms with Crippen LogP contribution in [0.5, 0.6) is 0 Å². The first-order valence-corrected chi connectivity index (χ1v) is 16.0. The Morgan fingerprint density at radius 1 is 0.816 bits per heavy atom. The van der Waals surface area contributed by atoms with Crippen LogP contribution in [0.15, 0.2) is 0 Å². The lowest BCUT2D eigenvalue weighted by Gasteiger charge is -2.64. The molecule has 0 N–H and O–H groups in total. The summed E-state index contributed by atoms with van der Waals surface area (Å²) in [6.07, 6.45) is 13.5. The molecule has 10 unspecified atom stereocenters. The van der Waals surface area contributed by atoms with Crippen molar-refractivity contribution >= 4 is 11.9 Å². The summed E-state index contributed by atoms with van der Waals surface area (Å²) in [5.41, 5.74) is 0.993. The highest BCUT2D eigenvalue weighted by Gasteiger charge is 2.84. The molecule has 0 aliphatic heterocycles. The highest BCUT2D eigenvalue weighted by atomic mass is 16.5. The predicted octanol–water partition coefficient (Wildman–Crippen LogP) is 8.36. The van der Waals surface area contributed by atoms with Crippen LogP contribution in [-0.2, 0) is 19.1 Å². The van der Waals surface area contributed by atoms with Gasteiger partial charge in [0, 0.05) is 25.2 Å². The number of esters is 2. The van der Waals surface area contributed by atoms with E-state index in [-0.39, 0.29) is 40.4 Å². The number of rotatable bonds is 7. The molecule has 5 fully saturated rings. The van der Waals surface area contributed by atoms with Crippen molar-refractivity contribution in [1.82, 2.24) is 0 Å². The molecule has 2 spiro atoms. The van der Waals surface area contributed by atoms with Crippen molar-refractivity contribution < 1.29 is 19.1 Å². The third-order valence-electron chi connectivity index (χ3n) is 13.8. The zero-order chi connectivity index (χ0) is 27.9. The first kappa shape index (κ1) is 28.5. The van der Waals surface area contributed by atoms with Crippen molar-refractivity contribution in [2.24, 2.45) is 56.7 Å². The molecule has 38 heavy (non-hydrogen) atoms. The topological polar surface area (TPSA) is 52.6 Å². The van der Waals surface area contributed by atoms with Crippen molar-refractivity contribution in [1.29, 1.82) is 0 Å². The number of hydrogen-bond donors (Lipinski definition) is 0. The van der Waals surface area contributed by atoms with Gasteiger partial charge in [-0.05, 0) is 96.7 Å². The highest BCUT2D eigenvalue weighted by molar-refractivity contribution is 5.66. The van der Waals surface area contributed by atoms with E-state index < -0.39 is 0 Å². The number of carbonyl (C=O) groups excluding carboxylic acids is 2. The Morgan fingerprint density at radius 3 is 2.13 bits per heavy atom. The molecule has 0 aromatic carbocycles. The first-order valence-electron chi connectivity index (χ1n) is 16.0. The van der Waals surface area contributed by atoms with Gasteiger partial charge in [0.1, 0.15) is 12.2 Å². The van der Waals surface area contributed by atoms with E-state index in [2.05, 4.69) is 48.5 Å². The molecule has 0 aromatic heterocycles. The van der Waals surface area contributed by atoms with Crippen molar-refractivity contribution in [2.75, 3.05) is 0 Å². The molecule has 10 atom stereocenters. The number of ether oxygens (including phenoxy) is 2. The second-order valence-electron chi connectivity index (χ2n) is 16.1. The minimum Gasteiger partial charge on any atom is -0.462 e. The Hall–Kier alpha value is -1.06. The molecule has 0 amide bonds. The Morgan fingerprint density at radius 2 is 1.50 bits per heavy atom. The maximum atomic E-state index is 12.6. The highest BCUT2D eigenvalue weighted by Crippen LogP contribution is 2.89. The standard InChI is InChI=1S/C34H56O4/c1-21(2)11-10-12-22(3)25-13-15-32(9)29-26(37-23(4)35)19-27-30(6,7)28(38-24(5)36)14-16-33(27)20-34(29,33)18-17-31(25,32)8/h21-22,25-29H,10-20H2,1-9H3. The van der Waals surface area contributed by atoms with E-state index in [0.717, 1.165) is 37.0 Å². The molecule has 216 valence electrons. The van der Waals surface area contributed by atoms with Crippen LogP contribution in [0, 0.1) is 56.7 Å². The monoisotopic (exact) mass is 528 g/mol. The van der Waals surface area contributed by atoms with Gasteiger partial charge in [-0.3, -0.25) is 9.59 Å². The van der Waals surface area contributed by atoms with Gasteiger partial charge in [-0.15, -0.1) is 0 Å². The first-order chi connectivity index (χ1) is 17.6. The van der Waals surface area contributed by atoms with Crippen LogP contribution in [-0.4, -0.2) is 24.1 Å². The molecule has 5 aliphatic carbocycles. The van der Waals surface area contributed by atoms with Crippen molar-refractivity contribution in [2.45, 2.75) is 145 Å². The molecule has 0 bridgehead atoms. The zero-order valence-corrected chi connectivity index (χ0v) is 26.0. The molecule has 5 aliphatic rings. The summed E-state index contributed by atoms with van der Waals surface area (Å²) < 4.78 is 12.3. The van der Waals surface area contributed by atoms with E-state index >= 15 is 0 Å². The van der Waals surface area contributed by atoms with E-state index in [1.165, 1.54) is 51.4 Å². The van der Waals surface area contributed by atoms with Gasteiger partial charge in [0.15, 0.2) is 0 Å². The summed E-state index contributed by atoms with van der Waals surface area (Å²) in [4.78, 5) is 24.5. The van der Waals surface area contributed by atoms with Gasteiger partial charge in [0.05, 0.1) is 0 Å². The Balaban J connectivity index is 1.48. The second-order valence-corrected chi connectivity index (χ2v) is 16.1. The largest absolute Gasteiger partial charge is 0.462 e. The van der Waals surface area contributed by atoms with Gasteiger partial charge in [0.2, 0.25) is 0 Å². The Bertz CT molecular complexity index is 954. The van der Waals surface area contributed by atoms with E-state index in [9.17, 15) is 9.59 Å².